The van der Waals surface area contributed by atoms with E-state index in [1.807, 2.05) is 54.6 Å². The summed E-state index contributed by atoms with van der Waals surface area (Å²) in [5.74, 6) is -0.795. The van der Waals surface area contributed by atoms with Crippen molar-refractivity contribution in [3.05, 3.63) is 95.8 Å². The summed E-state index contributed by atoms with van der Waals surface area (Å²) in [6.45, 7) is 0.0912. The average Bonchev–Trinajstić information content (AvgIpc) is 2.82. The lowest BCUT2D eigenvalue weighted by Crippen LogP contribution is -2.34. The van der Waals surface area contributed by atoms with Crippen molar-refractivity contribution in [1.82, 2.24) is 5.32 Å². The number of fused-ring (bicyclic) bond motifs is 1. The molecule has 1 aliphatic rings. The minimum Gasteiger partial charge on any atom is -0.488 e. The van der Waals surface area contributed by atoms with Gasteiger partial charge in [0.1, 0.15) is 6.61 Å². The fourth-order valence-corrected chi connectivity index (χ4v) is 3.86. The van der Waals surface area contributed by atoms with Gasteiger partial charge in [-0.3, -0.25) is 9.59 Å². The van der Waals surface area contributed by atoms with Gasteiger partial charge in [-0.25, -0.2) is 4.39 Å². The molecule has 6 heteroatoms. The Kier molecular flexibility index (Phi) is 6.80. The third-order valence-electron chi connectivity index (χ3n) is 5.61. The number of hydrogen-bond donors (Lipinski definition) is 2. The molecule has 2 N–H and O–H groups in total. The van der Waals surface area contributed by atoms with Crippen molar-refractivity contribution in [2.75, 3.05) is 11.9 Å². The normalized spacial score (nSPS) is 15.9. The van der Waals surface area contributed by atoms with Gasteiger partial charge >= 0.3 is 0 Å². The van der Waals surface area contributed by atoms with Crippen LogP contribution in [0.4, 0.5) is 10.1 Å². The number of hydrogen-bond acceptors (Lipinski definition) is 3. The van der Waals surface area contributed by atoms with Crippen LogP contribution in [0.3, 0.4) is 0 Å². The first-order valence-corrected chi connectivity index (χ1v) is 10.7. The molecular weight excluding hydrogens is 407 g/mol. The number of para-hydroxylation sites is 2. The summed E-state index contributed by atoms with van der Waals surface area (Å²) >= 11 is 0. The maximum Gasteiger partial charge on any atom is 0.227 e. The number of carbonyl (C=O) groups is 2. The van der Waals surface area contributed by atoms with Gasteiger partial charge in [-0.05, 0) is 42.2 Å². The zero-order valence-electron chi connectivity index (χ0n) is 17.6. The SMILES string of the molecule is O=C(CCC1Cc2ccccc2NC1=O)NC(COc1ccccc1F)c1ccccc1. The summed E-state index contributed by atoms with van der Waals surface area (Å²) in [4.78, 5) is 25.1. The second-order valence-electron chi connectivity index (χ2n) is 7.86. The molecule has 0 saturated heterocycles. The van der Waals surface area contributed by atoms with E-state index >= 15 is 0 Å². The molecular formula is C26H25FN2O3. The molecule has 2 amide bonds. The maximum atomic E-state index is 13.9. The first-order chi connectivity index (χ1) is 15.6. The third kappa shape index (κ3) is 5.32. The first-order valence-electron chi connectivity index (χ1n) is 10.7. The summed E-state index contributed by atoms with van der Waals surface area (Å²) in [7, 11) is 0. The fraction of sp³-hybridized carbons (Fsp3) is 0.231. The van der Waals surface area contributed by atoms with Crippen LogP contribution >= 0.6 is 0 Å². The molecule has 0 bridgehead atoms. The number of rotatable bonds is 8. The Morgan fingerprint density at radius 1 is 1.03 bits per heavy atom. The van der Waals surface area contributed by atoms with Gasteiger partial charge in [-0.2, -0.15) is 0 Å². The van der Waals surface area contributed by atoms with Crippen LogP contribution in [0.15, 0.2) is 78.9 Å². The molecule has 3 aromatic rings. The molecule has 164 valence electrons. The fourth-order valence-electron chi connectivity index (χ4n) is 3.86. The molecule has 0 aromatic heterocycles. The van der Waals surface area contributed by atoms with E-state index in [1.165, 1.54) is 6.07 Å². The predicted molar refractivity (Wildman–Crippen MR) is 121 cm³/mol. The van der Waals surface area contributed by atoms with Gasteiger partial charge in [0.2, 0.25) is 11.8 Å². The van der Waals surface area contributed by atoms with Gasteiger partial charge in [0.15, 0.2) is 11.6 Å². The summed E-state index contributed by atoms with van der Waals surface area (Å²) in [5.41, 5.74) is 2.78. The Morgan fingerprint density at radius 2 is 1.75 bits per heavy atom. The van der Waals surface area contributed by atoms with Gasteiger partial charge < -0.3 is 15.4 Å². The topological polar surface area (TPSA) is 67.4 Å². The van der Waals surface area contributed by atoms with E-state index in [9.17, 15) is 14.0 Å². The Hall–Kier alpha value is -3.67. The van der Waals surface area contributed by atoms with E-state index < -0.39 is 11.9 Å². The number of benzene rings is 3. The van der Waals surface area contributed by atoms with Crippen LogP contribution in [0, 0.1) is 11.7 Å². The lowest BCUT2D eigenvalue weighted by molar-refractivity contribution is -0.123. The highest BCUT2D eigenvalue weighted by Crippen LogP contribution is 2.27. The van der Waals surface area contributed by atoms with Gasteiger partial charge in [0.05, 0.1) is 6.04 Å². The van der Waals surface area contributed by atoms with Crippen molar-refractivity contribution in [3.63, 3.8) is 0 Å². The van der Waals surface area contributed by atoms with Crippen LogP contribution in [-0.4, -0.2) is 18.4 Å². The van der Waals surface area contributed by atoms with Gasteiger partial charge in [-0.15, -0.1) is 0 Å². The van der Waals surface area contributed by atoms with E-state index in [4.69, 9.17) is 4.74 Å². The van der Waals surface area contributed by atoms with E-state index in [2.05, 4.69) is 10.6 Å². The Balaban J connectivity index is 1.37. The van der Waals surface area contributed by atoms with Crippen LogP contribution in [0.2, 0.25) is 0 Å². The third-order valence-corrected chi connectivity index (χ3v) is 5.61. The smallest absolute Gasteiger partial charge is 0.227 e. The Bertz CT molecular complexity index is 1090. The second kappa shape index (κ2) is 10.1. The van der Waals surface area contributed by atoms with Crippen LogP contribution < -0.4 is 15.4 Å². The van der Waals surface area contributed by atoms with Crippen LogP contribution in [0.25, 0.3) is 0 Å². The monoisotopic (exact) mass is 432 g/mol. The highest BCUT2D eigenvalue weighted by atomic mass is 19.1. The molecule has 0 spiro atoms. The van der Waals surface area contributed by atoms with E-state index in [1.54, 1.807) is 18.2 Å². The molecule has 3 aromatic carbocycles. The van der Waals surface area contributed by atoms with Crippen LogP contribution in [-0.2, 0) is 16.0 Å². The maximum absolute atomic E-state index is 13.9. The summed E-state index contributed by atoms with van der Waals surface area (Å²) < 4.78 is 19.6. The zero-order chi connectivity index (χ0) is 22.3. The Labute approximate surface area is 186 Å². The number of halogens is 1. The molecule has 2 unspecified atom stereocenters. The molecule has 0 fully saturated rings. The van der Waals surface area contributed by atoms with E-state index in [0.29, 0.717) is 12.8 Å². The lowest BCUT2D eigenvalue weighted by Gasteiger charge is -2.25. The molecule has 5 nitrogen and oxygen atoms in total. The average molecular weight is 432 g/mol. The molecule has 2 atom stereocenters. The van der Waals surface area contributed by atoms with Gasteiger partial charge in [-0.1, -0.05) is 60.7 Å². The van der Waals surface area contributed by atoms with Crippen molar-refractivity contribution in [3.8, 4) is 5.75 Å². The summed E-state index contributed by atoms with van der Waals surface area (Å²) in [6.07, 6.45) is 1.28. The Morgan fingerprint density at radius 3 is 2.56 bits per heavy atom. The molecule has 0 radical (unpaired) electrons. The van der Waals surface area contributed by atoms with Gasteiger partial charge in [0, 0.05) is 18.0 Å². The lowest BCUT2D eigenvalue weighted by atomic mass is 9.89. The number of nitrogens with one attached hydrogen (secondary N) is 2. The van der Waals surface area contributed by atoms with Crippen molar-refractivity contribution >= 4 is 17.5 Å². The largest absolute Gasteiger partial charge is 0.488 e. The van der Waals surface area contributed by atoms with E-state index in [0.717, 1.165) is 16.8 Å². The highest BCUT2D eigenvalue weighted by Gasteiger charge is 2.26. The first kappa shape index (κ1) is 21.6. The van der Waals surface area contributed by atoms with Crippen molar-refractivity contribution in [1.29, 1.82) is 0 Å². The van der Waals surface area contributed by atoms with Crippen molar-refractivity contribution in [2.24, 2.45) is 5.92 Å². The summed E-state index contributed by atoms with van der Waals surface area (Å²) in [6, 6.07) is 22.9. The van der Waals surface area contributed by atoms with Crippen LogP contribution in [0.1, 0.15) is 30.0 Å². The molecule has 0 aliphatic carbocycles. The minimum absolute atomic E-state index is 0.0565. The predicted octanol–water partition coefficient (Wildman–Crippen LogP) is 4.65. The molecule has 32 heavy (non-hydrogen) atoms. The number of carbonyl (C=O) groups excluding carboxylic acids is 2. The van der Waals surface area contributed by atoms with Crippen LogP contribution in [0.5, 0.6) is 5.75 Å². The van der Waals surface area contributed by atoms with Gasteiger partial charge in [0.25, 0.3) is 0 Å². The molecule has 0 saturated carbocycles. The highest BCUT2D eigenvalue weighted by molar-refractivity contribution is 5.96. The number of ether oxygens (including phenoxy) is 1. The summed E-state index contributed by atoms with van der Waals surface area (Å²) in [5, 5.41) is 5.90. The molecule has 1 aliphatic heterocycles. The number of anilines is 1. The van der Waals surface area contributed by atoms with Crippen molar-refractivity contribution < 1.29 is 18.7 Å². The number of amides is 2. The molecule has 1 heterocycles. The molecule has 4 rings (SSSR count). The van der Waals surface area contributed by atoms with E-state index in [-0.39, 0.29) is 36.5 Å². The second-order valence-corrected chi connectivity index (χ2v) is 7.86. The quantitative estimate of drug-likeness (QED) is 0.544. The standard InChI is InChI=1S/C26H25FN2O3/c27-21-11-5-7-13-24(21)32-17-23(18-8-2-1-3-9-18)28-25(30)15-14-20-16-19-10-4-6-12-22(19)29-26(20)31/h1-13,20,23H,14-17H2,(H,28,30)(H,29,31). The van der Waals surface area contributed by atoms with Crippen molar-refractivity contribution in [2.45, 2.75) is 25.3 Å². The zero-order valence-corrected chi connectivity index (χ0v) is 17.6. The minimum atomic E-state index is -0.450.